The number of aromatic nitrogens is 2. The number of nitrogen functional groups attached to an aromatic ring is 1. The molecule has 0 aliphatic carbocycles. The molecule has 0 amide bonds. The summed E-state index contributed by atoms with van der Waals surface area (Å²) in [4.78, 5) is 0.228. The molecule has 7 heteroatoms. The fraction of sp³-hybridized carbons (Fsp3) is 0.357. The number of benzene rings is 1. The van der Waals surface area contributed by atoms with E-state index in [-0.39, 0.29) is 4.90 Å². The van der Waals surface area contributed by atoms with Gasteiger partial charge in [-0.05, 0) is 32.4 Å². The first kappa shape index (κ1) is 15.5. The third-order valence-corrected chi connectivity index (χ3v) is 5.30. The molecule has 114 valence electrons. The van der Waals surface area contributed by atoms with Gasteiger partial charge in [-0.1, -0.05) is 18.2 Å². The Labute approximate surface area is 125 Å². The van der Waals surface area contributed by atoms with Crippen LogP contribution in [0.4, 0.5) is 5.69 Å². The summed E-state index contributed by atoms with van der Waals surface area (Å²) >= 11 is 0. The minimum Gasteiger partial charge on any atom is -0.398 e. The van der Waals surface area contributed by atoms with Gasteiger partial charge in [0.25, 0.3) is 0 Å². The molecule has 21 heavy (non-hydrogen) atoms. The zero-order valence-electron chi connectivity index (χ0n) is 12.6. The lowest BCUT2D eigenvalue weighted by molar-refractivity contribution is 0.565. The van der Waals surface area contributed by atoms with Crippen LogP contribution >= 0.6 is 0 Å². The molecule has 1 heterocycles. The molecule has 0 saturated heterocycles. The average Bonchev–Trinajstić information content (AvgIpc) is 2.63. The minimum absolute atomic E-state index is 0.228. The summed E-state index contributed by atoms with van der Waals surface area (Å²) in [5.41, 5.74) is 8.29. The molecular weight excluding hydrogens is 288 g/mol. The Bertz CT molecular complexity index is 765. The van der Waals surface area contributed by atoms with E-state index in [1.54, 1.807) is 38.6 Å². The van der Waals surface area contributed by atoms with Crippen molar-refractivity contribution in [2.24, 2.45) is 7.05 Å². The van der Waals surface area contributed by atoms with E-state index in [0.717, 1.165) is 5.56 Å². The fourth-order valence-corrected chi connectivity index (χ4v) is 4.06. The Hall–Kier alpha value is -1.86. The summed E-state index contributed by atoms with van der Waals surface area (Å²) in [6.45, 7) is 5.18. The van der Waals surface area contributed by atoms with E-state index >= 15 is 0 Å². The molecule has 1 aromatic heterocycles. The second-order valence-electron chi connectivity index (χ2n) is 5.10. The van der Waals surface area contributed by atoms with Crippen LogP contribution in [0.3, 0.4) is 0 Å². The SMILES string of the molecule is Cc1nn(C)c(C)c1S(=O)(=O)NC(C)c1ccccc1N. The number of nitrogens with two attached hydrogens (primary N) is 1. The number of para-hydroxylation sites is 1. The second kappa shape index (κ2) is 5.50. The largest absolute Gasteiger partial charge is 0.398 e. The Kier molecular flexibility index (Phi) is 4.06. The fourth-order valence-electron chi connectivity index (χ4n) is 2.40. The topological polar surface area (TPSA) is 90.0 Å². The average molecular weight is 308 g/mol. The third-order valence-electron chi connectivity index (χ3n) is 3.51. The number of sulfonamides is 1. The van der Waals surface area contributed by atoms with E-state index in [1.807, 2.05) is 18.2 Å². The lowest BCUT2D eigenvalue weighted by Crippen LogP contribution is -2.28. The summed E-state index contributed by atoms with van der Waals surface area (Å²) in [6.07, 6.45) is 0. The van der Waals surface area contributed by atoms with Gasteiger partial charge in [0.1, 0.15) is 4.90 Å². The summed E-state index contributed by atoms with van der Waals surface area (Å²) in [5.74, 6) is 0. The standard InChI is InChI=1S/C14H20N4O2S/c1-9(12-7-5-6-8-13(12)15)17-21(19,20)14-10(2)16-18(4)11(14)3/h5-9,17H,15H2,1-4H3. The molecule has 2 aromatic rings. The van der Waals surface area contributed by atoms with Gasteiger partial charge in [-0.3, -0.25) is 4.68 Å². The van der Waals surface area contributed by atoms with Crippen molar-refractivity contribution in [3.8, 4) is 0 Å². The quantitative estimate of drug-likeness (QED) is 0.841. The van der Waals surface area contributed by atoms with Crippen molar-refractivity contribution < 1.29 is 8.42 Å². The van der Waals surface area contributed by atoms with Gasteiger partial charge in [0.05, 0.1) is 11.4 Å². The maximum absolute atomic E-state index is 12.6. The number of nitrogens with zero attached hydrogens (tertiary/aromatic N) is 2. The van der Waals surface area contributed by atoms with Gasteiger partial charge >= 0.3 is 0 Å². The molecular formula is C14H20N4O2S. The van der Waals surface area contributed by atoms with Crippen molar-refractivity contribution in [3.05, 3.63) is 41.2 Å². The lowest BCUT2D eigenvalue weighted by atomic mass is 10.1. The van der Waals surface area contributed by atoms with Crippen molar-refractivity contribution in [1.82, 2.24) is 14.5 Å². The van der Waals surface area contributed by atoms with Crippen molar-refractivity contribution in [2.75, 3.05) is 5.73 Å². The van der Waals surface area contributed by atoms with Crippen LogP contribution in [0.15, 0.2) is 29.2 Å². The molecule has 1 unspecified atom stereocenters. The number of rotatable bonds is 4. The van der Waals surface area contributed by atoms with E-state index in [2.05, 4.69) is 9.82 Å². The van der Waals surface area contributed by atoms with Gasteiger partial charge in [0.2, 0.25) is 10.0 Å². The predicted octanol–water partition coefficient (Wildman–Crippen LogP) is 1.66. The Morgan fingerprint density at radius 1 is 1.29 bits per heavy atom. The second-order valence-corrected chi connectivity index (χ2v) is 6.75. The Morgan fingerprint density at radius 2 is 1.90 bits per heavy atom. The number of aryl methyl sites for hydroxylation is 2. The third kappa shape index (κ3) is 2.93. The predicted molar refractivity (Wildman–Crippen MR) is 82.3 cm³/mol. The highest BCUT2D eigenvalue weighted by Crippen LogP contribution is 2.24. The number of anilines is 1. The zero-order valence-corrected chi connectivity index (χ0v) is 13.4. The van der Waals surface area contributed by atoms with E-state index in [1.165, 1.54) is 0 Å². The minimum atomic E-state index is -3.65. The highest BCUT2D eigenvalue weighted by Gasteiger charge is 2.26. The summed E-state index contributed by atoms with van der Waals surface area (Å²) < 4.78 is 29.4. The maximum atomic E-state index is 12.6. The highest BCUT2D eigenvalue weighted by molar-refractivity contribution is 7.89. The van der Waals surface area contributed by atoms with Crippen molar-refractivity contribution in [2.45, 2.75) is 31.7 Å². The van der Waals surface area contributed by atoms with Crippen LogP contribution in [0.5, 0.6) is 0 Å². The van der Waals surface area contributed by atoms with E-state index in [9.17, 15) is 8.42 Å². The molecule has 0 spiro atoms. The van der Waals surface area contributed by atoms with Crippen molar-refractivity contribution >= 4 is 15.7 Å². The van der Waals surface area contributed by atoms with Gasteiger partial charge in [-0.25, -0.2) is 13.1 Å². The summed E-state index contributed by atoms with van der Waals surface area (Å²) in [6, 6.07) is 6.79. The van der Waals surface area contributed by atoms with E-state index in [4.69, 9.17) is 5.73 Å². The lowest BCUT2D eigenvalue weighted by Gasteiger charge is -2.16. The van der Waals surface area contributed by atoms with Crippen LogP contribution in [-0.4, -0.2) is 18.2 Å². The number of nitrogens with one attached hydrogen (secondary N) is 1. The van der Waals surface area contributed by atoms with Crippen LogP contribution in [0.25, 0.3) is 0 Å². The van der Waals surface area contributed by atoms with Gasteiger partial charge in [0, 0.05) is 18.8 Å². The van der Waals surface area contributed by atoms with Gasteiger partial charge in [0.15, 0.2) is 0 Å². The molecule has 0 aliphatic rings. The van der Waals surface area contributed by atoms with Crippen LogP contribution < -0.4 is 10.5 Å². The molecule has 0 aliphatic heterocycles. The van der Waals surface area contributed by atoms with Gasteiger partial charge < -0.3 is 5.73 Å². The zero-order chi connectivity index (χ0) is 15.8. The summed E-state index contributed by atoms with van der Waals surface area (Å²) in [5, 5.41) is 4.15. The molecule has 0 saturated carbocycles. The normalized spacial score (nSPS) is 13.3. The van der Waals surface area contributed by atoms with E-state index in [0.29, 0.717) is 17.1 Å². The molecule has 0 fully saturated rings. The first-order valence-corrected chi connectivity index (χ1v) is 8.09. The van der Waals surface area contributed by atoms with Crippen LogP contribution in [-0.2, 0) is 17.1 Å². The van der Waals surface area contributed by atoms with Crippen molar-refractivity contribution in [1.29, 1.82) is 0 Å². The van der Waals surface area contributed by atoms with Gasteiger partial charge in [-0.15, -0.1) is 0 Å². The molecule has 3 N–H and O–H groups in total. The molecule has 1 aromatic carbocycles. The van der Waals surface area contributed by atoms with E-state index < -0.39 is 16.1 Å². The molecule has 6 nitrogen and oxygen atoms in total. The first-order valence-electron chi connectivity index (χ1n) is 6.61. The van der Waals surface area contributed by atoms with Crippen LogP contribution in [0.2, 0.25) is 0 Å². The molecule has 1 atom stereocenters. The molecule has 0 bridgehead atoms. The number of hydrogen-bond donors (Lipinski definition) is 2. The maximum Gasteiger partial charge on any atom is 0.244 e. The van der Waals surface area contributed by atoms with Crippen molar-refractivity contribution in [3.63, 3.8) is 0 Å². The van der Waals surface area contributed by atoms with Crippen LogP contribution in [0, 0.1) is 13.8 Å². The highest BCUT2D eigenvalue weighted by atomic mass is 32.2. The first-order chi connectivity index (χ1) is 9.74. The van der Waals surface area contributed by atoms with Crippen LogP contribution in [0.1, 0.15) is 29.9 Å². The Morgan fingerprint density at radius 3 is 2.43 bits per heavy atom. The van der Waals surface area contributed by atoms with Gasteiger partial charge in [-0.2, -0.15) is 5.10 Å². The smallest absolute Gasteiger partial charge is 0.244 e. The molecule has 0 radical (unpaired) electrons. The number of hydrogen-bond acceptors (Lipinski definition) is 4. The summed E-state index contributed by atoms with van der Waals surface area (Å²) in [7, 11) is -1.93. The monoisotopic (exact) mass is 308 g/mol. The Balaban J connectivity index is 2.36. The molecule has 2 rings (SSSR count).